The third-order valence-electron chi connectivity index (χ3n) is 2.88. The van der Waals surface area contributed by atoms with Gasteiger partial charge in [0, 0.05) is 18.1 Å². The number of nitrogens with zero attached hydrogens (tertiary/aromatic N) is 5. The number of rotatable bonds is 5. The second-order valence-electron chi connectivity index (χ2n) is 4.35. The Morgan fingerprint density at radius 2 is 2.00 bits per heavy atom. The molecule has 0 saturated carbocycles. The van der Waals surface area contributed by atoms with Gasteiger partial charge in [-0.2, -0.15) is 4.68 Å². The van der Waals surface area contributed by atoms with Crippen molar-refractivity contribution in [1.82, 2.24) is 25.2 Å². The van der Waals surface area contributed by atoms with Crippen molar-refractivity contribution in [3.05, 3.63) is 54.4 Å². The van der Waals surface area contributed by atoms with Crippen molar-refractivity contribution in [3.63, 3.8) is 0 Å². The van der Waals surface area contributed by atoms with Gasteiger partial charge in [-0.25, -0.2) is 0 Å². The molecule has 2 heterocycles. The molecule has 3 aromatic rings. The van der Waals surface area contributed by atoms with Crippen LogP contribution in [0.15, 0.2) is 53.9 Å². The van der Waals surface area contributed by atoms with Gasteiger partial charge in [0.1, 0.15) is 5.75 Å². The maximum atomic E-state index is 9.32. The zero-order valence-electron chi connectivity index (χ0n) is 11.1. The average Bonchev–Trinajstić information content (AvgIpc) is 2.98. The van der Waals surface area contributed by atoms with E-state index in [-0.39, 0.29) is 5.75 Å². The molecule has 0 amide bonds. The average molecular weight is 299 g/mol. The van der Waals surface area contributed by atoms with Crippen LogP contribution in [0, 0.1) is 0 Å². The van der Waals surface area contributed by atoms with E-state index in [2.05, 4.69) is 26.6 Å². The van der Waals surface area contributed by atoms with Crippen molar-refractivity contribution in [2.24, 2.45) is 0 Å². The van der Waals surface area contributed by atoms with Crippen LogP contribution in [0.3, 0.4) is 0 Å². The van der Waals surface area contributed by atoms with E-state index in [1.54, 1.807) is 46.9 Å². The quantitative estimate of drug-likeness (QED) is 0.727. The number of thioether (sulfide) groups is 1. The summed E-state index contributed by atoms with van der Waals surface area (Å²) in [5.74, 6) is 1.09. The second-order valence-corrected chi connectivity index (χ2v) is 5.41. The SMILES string of the molecule is Oc1ccc(-n2nnnc2SCCc2cccnc2)cc1. The van der Waals surface area contributed by atoms with E-state index in [1.165, 1.54) is 5.56 Å². The summed E-state index contributed by atoms with van der Waals surface area (Å²) in [7, 11) is 0. The van der Waals surface area contributed by atoms with E-state index >= 15 is 0 Å². The lowest BCUT2D eigenvalue weighted by molar-refractivity contribution is 0.475. The number of aromatic nitrogens is 5. The van der Waals surface area contributed by atoms with Crippen molar-refractivity contribution in [1.29, 1.82) is 0 Å². The lowest BCUT2D eigenvalue weighted by atomic mass is 10.2. The van der Waals surface area contributed by atoms with E-state index in [0.717, 1.165) is 23.0 Å². The van der Waals surface area contributed by atoms with Crippen LogP contribution in [0.4, 0.5) is 0 Å². The number of tetrazole rings is 1. The third-order valence-corrected chi connectivity index (χ3v) is 3.80. The molecule has 3 rings (SSSR count). The Morgan fingerprint density at radius 1 is 1.14 bits per heavy atom. The lowest BCUT2D eigenvalue weighted by Crippen LogP contribution is -1.99. The predicted molar refractivity (Wildman–Crippen MR) is 79.5 cm³/mol. The summed E-state index contributed by atoms with van der Waals surface area (Å²) in [5, 5.41) is 21.8. The Bertz CT molecular complexity index is 699. The van der Waals surface area contributed by atoms with Crippen molar-refractivity contribution in [3.8, 4) is 11.4 Å². The lowest BCUT2D eigenvalue weighted by Gasteiger charge is -2.04. The molecule has 6 nitrogen and oxygen atoms in total. The Balaban J connectivity index is 1.67. The van der Waals surface area contributed by atoms with Crippen molar-refractivity contribution in [2.75, 3.05) is 5.75 Å². The Hall–Kier alpha value is -2.41. The number of hydrogen-bond acceptors (Lipinski definition) is 6. The van der Waals surface area contributed by atoms with Crippen molar-refractivity contribution >= 4 is 11.8 Å². The summed E-state index contributed by atoms with van der Waals surface area (Å²) in [4.78, 5) is 4.10. The van der Waals surface area contributed by atoms with Crippen LogP contribution in [-0.2, 0) is 6.42 Å². The molecule has 0 bridgehead atoms. The summed E-state index contributed by atoms with van der Waals surface area (Å²) < 4.78 is 1.66. The summed E-state index contributed by atoms with van der Waals surface area (Å²) in [5.41, 5.74) is 2.01. The second kappa shape index (κ2) is 6.36. The van der Waals surface area contributed by atoms with Crippen molar-refractivity contribution < 1.29 is 5.11 Å². The van der Waals surface area contributed by atoms with Crippen LogP contribution in [0.25, 0.3) is 5.69 Å². The molecule has 0 radical (unpaired) electrons. The highest BCUT2D eigenvalue weighted by Crippen LogP contribution is 2.20. The summed E-state index contributed by atoms with van der Waals surface area (Å²) in [6, 6.07) is 10.8. The molecule has 0 fully saturated rings. The highest BCUT2D eigenvalue weighted by Gasteiger charge is 2.08. The molecule has 0 aliphatic heterocycles. The van der Waals surface area contributed by atoms with Gasteiger partial charge < -0.3 is 5.11 Å². The minimum Gasteiger partial charge on any atom is -0.508 e. The monoisotopic (exact) mass is 299 g/mol. The molecule has 2 aromatic heterocycles. The topological polar surface area (TPSA) is 76.7 Å². The van der Waals surface area contributed by atoms with Crippen LogP contribution in [0.1, 0.15) is 5.56 Å². The highest BCUT2D eigenvalue weighted by atomic mass is 32.2. The van der Waals surface area contributed by atoms with Crippen LogP contribution in [0.2, 0.25) is 0 Å². The first-order valence-electron chi connectivity index (χ1n) is 6.42. The van der Waals surface area contributed by atoms with Crippen LogP contribution in [0.5, 0.6) is 5.75 Å². The number of pyridine rings is 1. The molecule has 106 valence electrons. The van der Waals surface area contributed by atoms with E-state index in [1.807, 2.05) is 12.3 Å². The first kappa shape index (κ1) is 13.6. The number of phenols is 1. The standard InChI is InChI=1S/C14H13N5OS/c20-13-5-3-12(4-6-13)19-14(16-17-18-19)21-9-7-11-2-1-8-15-10-11/h1-6,8,10,20H,7,9H2. The highest BCUT2D eigenvalue weighted by molar-refractivity contribution is 7.99. The Labute approximate surface area is 125 Å². The summed E-state index contributed by atoms with van der Waals surface area (Å²) in [6.45, 7) is 0. The van der Waals surface area contributed by atoms with Crippen LogP contribution >= 0.6 is 11.8 Å². The molecule has 7 heteroatoms. The molecule has 0 spiro atoms. The zero-order chi connectivity index (χ0) is 14.5. The molecule has 1 N–H and O–H groups in total. The largest absolute Gasteiger partial charge is 0.508 e. The fourth-order valence-corrected chi connectivity index (χ4v) is 2.71. The van der Waals surface area contributed by atoms with Crippen molar-refractivity contribution in [2.45, 2.75) is 11.6 Å². The molecule has 0 aliphatic rings. The molecule has 21 heavy (non-hydrogen) atoms. The van der Waals surface area contributed by atoms with Gasteiger partial charge in [0.15, 0.2) is 0 Å². The number of aromatic hydroxyl groups is 1. The normalized spacial score (nSPS) is 10.7. The number of hydrogen-bond donors (Lipinski definition) is 1. The molecule has 0 atom stereocenters. The third kappa shape index (κ3) is 3.38. The fraction of sp³-hybridized carbons (Fsp3) is 0.143. The maximum Gasteiger partial charge on any atom is 0.214 e. The smallest absolute Gasteiger partial charge is 0.214 e. The van der Waals surface area contributed by atoms with Gasteiger partial charge >= 0.3 is 0 Å². The van der Waals surface area contributed by atoms with E-state index < -0.39 is 0 Å². The first-order chi connectivity index (χ1) is 10.3. The Kier molecular flexibility index (Phi) is 4.11. The molecule has 0 saturated heterocycles. The number of benzene rings is 1. The van der Waals surface area contributed by atoms with Crippen LogP contribution in [-0.4, -0.2) is 36.1 Å². The van der Waals surface area contributed by atoms with Crippen LogP contribution < -0.4 is 0 Å². The van der Waals surface area contributed by atoms with E-state index in [0.29, 0.717) is 0 Å². The fourth-order valence-electron chi connectivity index (χ4n) is 1.83. The molecular weight excluding hydrogens is 286 g/mol. The van der Waals surface area contributed by atoms with Gasteiger partial charge in [0.25, 0.3) is 0 Å². The minimum absolute atomic E-state index is 0.220. The van der Waals surface area contributed by atoms with Gasteiger partial charge in [0.2, 0.25) is 5.16 Å². The summed E-state index contributed by atoms with van der Waals surface area (Å²) >= 11 is 1.58. The van der Waals surface area contributed by atoms with Gasteiger partial charge in [-0.05, 0) is 52.7 Å². The zero-order valence-corrected chi connectivity index (χ0v) is 11.9. The van der Waals surface area contributed by atoms with Gasteiger partial charge in [0.05, 0.1) is 5.69 Å². The first-order valence-corrected chi connectivity index (χ1v) is 7.41. The maximum absolute atomic E-state index is 9.32. The van der Waals surface area contributed by atoms with Gasteiger partial charge in [-0.3, -0.25) is 4.98 Å². The van der Waals surface area contributed by atoms with E-state index in [4.69, 9.17) is 0 Å². The predicted octanol–water partition coefficient (Wildman–Crippen LogP) is 2.10. The Morgan fingerprint density at radius 3 is 2.76 bits per heavy atom. The number of aryl methyl sites for hydroxylation is 1. The van der Waals surface area contributed by atoms with E-state index in [9.17, 15) is 5.11 Å². The molecular formula is C14H13N5OS. The number of phenolic OH excluding ortho intramolecular Hbond substituents is 1. The molecule has 0 unspecified atom stereocenters. The molecule has 1 aromatic carbocycles. The minimum atomic E-state index is 0.220. The van der Waals surface area contributed by atoms with Gasteiger partial charge in [-0.1, -0.05) is 17.8 Å². The van der Waals surface area contributed by atoms with Gasteiger partial charge in [-0.15, -0.1) is 5.10 Å². The summed E-state index contributed by atoms with van der Waals surface area (Å²) in [6.07, 6.45) is 4.53. The molecule has 0 aliphatic carbocycles.